The summed E-state index contributed by atoms with van der Waals surface area (Å²) in [6, 6.07) is 3.23. The molecule has 0 spiro atoms. The summed E-state index contributed by atoms with van der Waals surface area (Å²) in [5.41, 5.74) is 5.92. The highest BCUT2D eigenvalue weighted by molar-refractivity contribution is 5.78. The number of benzene rings is 1. The van der Waals surface area contributed by atoms with Crippen LogP contribution < -0.4 is 5.73 Å². The number of hydrogen-bond acceptors (Lipinski definition) is 2. The molecular weight excluding hydrogens is 226 g/mol. The lowest BCUT2D eigenvalue weighted by molar-refractivity contribution is -0.127. The first kappa shape index (κ1) is 12.0. The SMILES string of the molecule is NC(CN1CCCC1=O)c1cccc(F)c1F. The zero-order valence-corrected chi connectivity index (χ0v) is 9.33. The lowest BCUT2D eigenvalue weighted by Crippen LogP contribution is -2.33. The molecule has 1 aliphatic heterocycles. The second kappa shape index (κ2) is 4.79. The number of nitrogens with two attached hydrogens (primary N) is 1. The molecule has 0 radical (unpaired) electrons. The number of rotatable bonds is 3. The number of hydrogen-bond donors (Lipinski definition) is 1. The summed E-state index contributed by atoms with van der Waals surface area (Å²) in [4.78, 5) is 13.0. The summed E-state index contributed by atoms with van der Waals surface area (Å²) in [6.07, 6.45) is 1.32. The Morgan fingerprint density at radius 3 is 2.82 bits per heavy atom. The molecule has 1 heterocycles. The van der Waals surface area contributed by atoms with Crippen molar-refractivity contribution in [2.24, 2.45) is 5.73 Å². The van der Waals surface area contributed by atoms with Crippen LogP contribution >= 0.6 is 0 Å². The molecule has 92 valence electrons. The Balaban J connectivity index is 2.11. The van der Waals surface area contributed by atoms with Crippen LogP contribution in [0.4, 0.5) is 8.78 Å². The van der Waals surface area contributed by atoms with Crippen LogP contribution in [-0.2, 0) is 4.79 Å². The summed E-state index contributed by atoms with van der Waals surface area (Å²) in [7, 11) is 0. The minimum atomic E-state index is -0.924. The Hall–Kier alpha value is -1.49. The predicted molar refractivity (Wildman–Crippen MR) is 59.1 cm³/mol. The molecule has 1 aromatic carbocycles. The van der Waals surface area contributed by atoms with Gasteiger partial charge in [0.05, 0.1) is 6.04 Å². The van der Waals surface area contributed by atoms with Crippen molar-refractivity contribution < 1.29 is 13.6 Å². The molecule has 0 saturated carbocycles. The Morgan fingerprint density at radius 2 is 2.18 bits per heavy atom. The molecular formula is C12H14F2N2O. The second-order valence-electron chi connectivity index (χ2n) is 4.19. The van der Waals surface area contributed by atoms with Gasteiger partial charge in [0.15, 0.2) is 11.6 Å². The number of nitrogens with zero attached hydrogens (tertiary/aromatic N) is 1. The molecule has 3 nitrogen and oxygen atoms in total. The highest BCUT2D eigenvalue weighted by Gasteiger charge is 2.24. The van der Waals surface area contributed by atoms with Crippen LogP contribution in [0.2, 0.25) is 0 Å². The third kappa shape index (κ3) is 2.44. The van der Waals surface area contributed by atoms with Crippen molar-refractivity contribution in [2.45, 2.75) is 18.9 Å². The fraction of sp³-hybridized carbons (Fsp3) is 0.417. The third-order valence-electron chi connectivity index (χ3n) is 2.97. The standard InChI is InChI=1S/C12H14F2N2O/c13-9-4-1-3-8(12(9)14)10(15)7-16-6-2-5-11(16)17/h1,3-4,10H,2,5-7,15H2. The average molecular weight is 240 g/mol. The molecule has 1 atom stereocenters. The van der Waals surface area contributed by atoms with Gasteiger partial charge in [0.2, 0.25) is 5.91 Å². The van der Waals surface area contributed by atoms with Gasteiger partial charge >= 0.3 is 0 Å². The van der Waals surface area contributed by atoms with Crippen molar-refractivity contribution in [3.63, 3.8) is 0 Å². The quantitative estimate of drug-likeness (QED) is 0.872. The van der Waals surface area contributed by atoms with E-state index < -0.39 is 17.7 Å². The van der Waals surface area contributed by atoms with Crippen LogP contribution in [0.1, 0.15) is 24.4 Å². The molecule has 17 heavy (non-hydrogen) atoms. The number of amides is 1. The second-order valence-corrected chi connectivity index (χ2v) is 4.19. The molecule has 1 aliphatic rings. The first-order valence-electron chi connectivity index (χ1n) is 5.57. The number of carbonyl (C=O) groups is 1. The summed E-state index contributed by atoms with van der Waals surface area (Å²) in [5.74, 6) is -1.81. The van der Waals surface area contributed by atoms with Gasteiger partial charge in [-0.2, -0.15) is 0 Å². The zero-order chi connectivity index (χ0) is 12.4. The Bertz CT molecular complexity index is 437. The van der Waals surface area contributed by atoms with Crippen LogP contribution in [-0.4, -0.2) is 23.9 Å². The maximum Gasteiger partial charge on any atom is 0.222 e. The summed E-state index contributed by atoms with van der Waals surface area (Å²) in [6.45, 7) is 0.878. The van der Waals surface area contributed by atoms with Gasteiger partial charge in [-0.3, -0.25) is 4.79 Å². The molecule has 1 amide bonds. The van der Waals surface area contributed by atoms with Gasteiger partial charge < -0.3 is 10.6 Å². The van der Waals surface area contributed by atoms with E-state index in [1.807, 2.05) is 0 Å². The predicted octanol–water partition coefficient (Wildman–Crippen LogP) is 1.59. The van der Waals surface area contributed by atoms with E-state index in [4.69, 9.17) is 5.73 Å². The molecule has 1 unspecified atom stereocenters. The lowest BCUT2D eigenvalue weighted by Gasteiger charge is -2.21. The summed E-state index contributed by atoms with van der Waals surface area (Å²) >= 11 is 0. The van der Waals surface area contributed by atoms with Crippen LogP contribution in [0.15, 0.2) is 18.2 Å². The molecule has 2 N–H and O–H groups in total. The number of halogens is 2. The summed E-state index contributed by atoms with van der Waals surface area (Å²) in [5, 5.41) is 0. The van der Waals surface area contributed by atoms with Crippen molar-refractivity contribution in [1.29, 1.82) is 0 Å². The minimum Gasteiger partial charge on any atom is -0.341 e. The molecule has 0 aliphatic carbocycles. The Morgan fingerprint density at radius 1 is 1.41 bits per heavy atom. The van der Waals surface area contributed by atoms with E-state index in [0.717, 1.165) is 12.5 Å². The normalized spacial score (nSPS) is 17.6. The largest absolute Gasteiger partial charge is 0.341 e. The van der Waals surface area contributed by atoms with E-state index in [1.54, 1.807) is 4.90 Å². The van der Waals surface area contributed by atoms with Crippen LogP contribution in [0.25, 0.3) is 0 Å². The molecule has 5 heteroatoms. The van der Waals surface area contributed by atoms with E-state index in [2.05, 4.69) is 0 Å². The Labute approximate surface area is 98.2 Å². The van der Waals surface area contributed by atoms with E-state index >= 15 is 0 Å². The van der Waals surface area contributed by atoms with E-state index in [-0.39, 0.29) is 18.0 Å². The Kier molecular flexibility index (Phi) is 3.38. The lowest BCUT2D eigenvalue weighted by atomic mass is 10.1. The topological polar surface area (TPSA) is 46.3 Å². The summed E-state index contributed by atoms with van der Waals surface area (Å²) < 4.78 is 26.5. The van der Waals surface area contributed by atoms with Gasteiger partial charge in [-0.25, -0.2) is 8.78 Å². The molecule has 1 saturated heterocycles. The van der Waals surface area contributed by atoms with Crippen molar-refractivity contribution in [1.82, 2.24) is 4.90 Å². The van der Waals surface area contributed by atoms with Gasteiger partial charge in [0.1, 0.15) is 0 Å². The van der Waals surface area contributed by atoms with Crippen molar-refractivity contribution in [3.05, 3.63) is 35.4 Å². The van der Waals surface area contributed by atoms with Crippen molar-refractivity contribution >= 4 is 5.91 Å². The highest BCUT2D eigenvalue weighted by atomic mass is 19.2. The first-order chi connectivity index (χ1) is 8.09. The van der Waals surface area contributed by atoms with Crippen LogP contribution in [0.3, 0.4) is 0 Å². The maximum absolute atomic E-state index is 13.5. The molecule has 1 fully saturated rings. The van der Waals surface area contributed by atoms with Crippen molar-refractivity contribution in [2.75, 3.05) is 13.1 Å². The molecule has 2 rings (SSSR count). The fourth-order valence-corrected chi connectivity index (χ4v) is 2.04. The molecule has 1 aromatic rings. The van der Waals surface area contributed by atoms with Gasteiger partial charge in [-0.15, -0.1) is 0 Å². The van der Waals surface area contributed by atoms with Crippen LogP contribution in [0, 0.1) is 11.6 Å². The molecule has 0 bridgehead atoms. The van der Waals surface area contributed by atoms with Gasteiger partial charge in [-0.1, -0.05) is 12.1 Å². The van der Waals surface area contributed by atoms with E-state index in [9.17, 15) is 13.6 Å². The average Bonchev–Trinajstić information content (AvgIpc) is 2.68. The third-order valence-corrected chi connectivity index (χ3v) is 2.97. The fourth-order valence-electron chi connectivity index (χ4n) is 2.04. The molecule has 0 aromatic heterocycles. The van der Waals surface area contributed by atoms with Gasteiger partial charge in [-0.05, 0) is 12.5 Å². The van der Waals surface area contributed by atoms with Crippen molar-refractivity contribution in [3.8, 4) is 0 Å². The smallest absolute Gasteiger partial charge is 0.222 e. The van der Waals surface area contributed by atoms with Crippen LogP contribution in [0.5, 0.6) is 0 Å². The maximum atomic E-state index is 13.5. The van der Waals surface area contributed by atoms with E-state index in [0.29, 0.717) is 13.0 Å². The monoisotopic (exact) mass is 240 g/mol. The number of carbonyl (C=O) groups excluding carboxylic acids is 1. The zero-order valence-electron chi connectivity index (χ0n) is 9.33. The number of likely N-dealkylation sites (tertiary alicyclic amines) is 1. The highest BCUT2D eigenvalue weighted by Crippen LogP contribution is 2.20. The van der Waals surface area contributed by atoms with Gasteiger partial charge in [0, 0.05) is 25.1 Å². The van der Waals surface area contributed by atoms with Gasteiger partial charge in [0.25, 0.3) is 0 Å². The van der Waals surface area contributed by atoms with E-state index in [1.165, 1.54) is 12.1 Å². The minimum absolute atomic E-state index is 0.0252. The first-order valence-corrected chi connectivity index (χ1v) is 5.57.